The quantitative estimate of drug-likeness (QED) is 0.835. The Hall–Kier alpha value is -1.60. The molecule has 0 heterocycles. The van der Waals surface area contributed by atoms with Gasteiger partial charge in [0, 0.05) is 6.54 Å². The van der Waals surface area contributed by atoms with E-state index in [0.29, 0.717) is 0 Å². The molecule has 1 radical (unpaired) electrons. The van der Waals surface area contributed by atoms with Gasteiger partial charge in [0.1, 0.15) is 0 Å². The van der Waals surface area contributed by atoms with Crippen LogP contribution in [-0.4, -0.2) is 6.54 Å². The topological polar surface area (TPSA) is 12.0 Å². The predicted octanol–water partition coefficient (Wildman–Crippen LogP) is 3.65. The molecule has 3 rings (SSSR count). The first kappa shape index (κ1) is 11.5. The smallest absolute Gasteiger partial charge is 0.0212 e. The van der Waals surface area contributed by atoms with Crippen molar-refractivity contribution in [3.63, 3.8) is 0 Å². The van der Waals surface area contributed by atoms with Crippen LogP contribution in [0.3, 0.4) is 0 Å². The molecule has 0 spiro atoms. The molecule has 1 aliphatic rings. The molecular weight excluding hydrogens is 218 g/mol. The molecule has 1 saturated carbocycles. The molecule has 0 aromatic heterocycles. The molecule has 1 nitrogen and oxygen atoms in total. The van der Waals surface area contributed by atoms with E-state index >= 15 is 0 Å². The monoisotopic (exact) mass is 236 g/mol. The zero-order valence-electron chi connectivity index (χ0n) is 10.5. The van der Waals surface area contributed by atoms with E-state index in [2.05, 4.69) is 53.8 Å². The zero-order chi connectivity index (χ0) is 12.2. The maximum atomic E-state index is 3.51. The van der Waals surface area contributed by atoms with Crippen molar-refractivity contribution in [1.82, 2.24) is 5.32 Å². The Kier molecular flexibility index (Phi) is 3.42. The summed E-state index contributed by atoms with van der Waals surface area (Å²) in [5.41, 5.74) is 3.80. The molecule has 0 bridgehead atoms. The Labute approximate surface area is 109 Å². The molecule has 91 valence electrons. The lowest BCUT2D eigenvalue weighted by atomic mass is 10.0. The maximum Gasteiger partial charge on any atom is 0.0212 e. The number of nitrogens with one attached hydrogen (secondary N) is 1. The summed E-state index contributed by atoms with van der Waals surface area (Å²) in [4.78, 5) is 0. The fourth-order valence-electron chi connectivity index (χ4n) is 2.16. The fraction of sp³-hybridized carbons (Fsp3) is 0.294. The van der Waals surface area contributed by atoms with Crippen LogP contribution in [0.25, 0.3) is 11.1 Å². The summed E-state index contributed by atoms with van der Waals surface area (Å²) in [7, 11) is 0. The highest BCUT2D eigenvalue weighted by molar-refractivity contribution is 5.63. The van der Waals surface area contributed by atoms with Gasteiger partial charge in [-0.1, -0.05) is 42.5 Å². The van der Waals surface area contributed by atoms with Gasteiger partial charge in [0.05, 0.1) is 0 Å². The molecule has 1 aliphatic carbocycles. The number of benzene rings is 2. The third-order valence-corrected chi connectivity index (χ3v) is 3.41. The lowest BCUT2D eigenvalue weighted by molar-refractivity contribution is 0.638. The van der Waals surface area contributed by atoms with E-state index in [1.54, 1.807) is 0 Å². The summed E-state index contributed by atoms with van der Waals surface area (Å²) in [6, 6.07) is 20.2. The van der Waals surface area contributed by atoms with Gasteiger partial charge in [-0.2, -0.15) is 0 Å². The molecule has 0 saturated heterocycles. The first-order chi connectivity index (χ1) is 8.92. The van der Waals surface area contributed by atoms with Gasteiger partial charge in [-0.3, -0.25) is 0 Å². The molecule has 0 aliphatic heterocycles. The molecule has 0 amide bonds. The Balaban J connectivity index is 1.68. The first-order valence-electron chi connectivity index (χ1n) is 6.68. The van der Waals surface area contributed by atoms with E-state index in [-0.39, 0.29) is 0 Å². The lowest BCUT2D eigenvalue weighted by Crippen LogP contribution is -2.16. The van der Waals surface area contributed by atoms with Crippen LogP contribution in [0.2, 0.25) is 0 Å². The molecule has 1 N–H and O–H groups in total. The molecule has 1 fully saturated rings. The summed E-state index contributed by atoms with van der Waals surface area (Å²) in [6.07, 6.45) is 2.81. The second-order valence-corrected chi connectivity index (χ2v) is 5.04. The van der Waals surface area contributed by atoms with Crippen molar-refractivity contribution >= 4 is 0 Å². The Morgan fingerprint density at radius 2 is 1.89 bits per heavy atom. The number of hydrogen-bond donors (Lipinski definition) is 1. The maximum absolute atomic E-state index is 3.51. The summed E-state index contributed by atoms with van der Waals surface area (Å²) in [5.74, 6) is 0.933. The normalized spacial score (nSPS) is 14.7. The van der Waals surface area contributed by atoms with Gasteiger partial charge in [-0.15, -0.1) is 0 Å². The van der Waals surface area contributed by atoms with Gasteiger partial charge in [0.25, 0.3) is 0 Å². The van der Waals surface area contributed by atoms with Crippen LogP contribution < -0.4 is 5.32 Å². The van der Waals surface area contributed by atoms with Crippen molar-refractivity contribution in [2.24, 2.45) is 5.92 Å². The highest BCUT2D eigenvalue weighted by atomic mass is 14.9. The minimum atomic E-state index is 0.928. The van der Waals surface area contributed by atoms with E-state index < -0.39 is 0 Å². The van der Waals surface area contributed by atoms with E-state index in [4.69, 9.17) is 0 Å². The Morgan fingerprint density at radius 1 is 1.06 bits per heavy atom. The van der Waals surface area contributed by atoms with Gasteiger partial charge in [-0.05, 0) is 54.1 Å². The van der Waals surface area contributed by atoms with Crippen LogP contribution in [0.1, 0.15) is 18.4 Å². The van der Waals surface area contributed by atoms with Gasteiger partial charge in [-0.25, -0.2) is 0 Å². The Morgan fingerprint density at radius 3 is 2.67 bits per heavy atom. The van der Waals surface area contributed by atoms with Crippen LogP contribution in [0.15, 0.2) is 48.5 Å². The van der Waals surface area contributed by atoms with Crippen LogP contribution in [-0.2, 0) is 6.54 Å². The van der Waals surface area contributed by atoms with Crippen molar-refractivity contribution in [1.29, 1.82) is 0 Å². The molecule has 0 unspecified atom stereocenters. The third kappa shape index (κ3) is 2.99. The molecule has 1 heteroatoms. The second-order valence-electron chi connectivity index (χ2n) is 5.04. The van der Waals surface area contributed by atoms with Crippen LogP contribution in [0.5, 0.6) is 0 Å². The molecular formula is C17H18N. The highest BCUT2D eigenvalue weighted by Gasteiger charge is 2.20. The fourth-order valence-corrected chi connectivity index (χ4v) is 2.16. The summed E-state index contributed by atoms with van der Waals surface area (Å²) in [6.45, 7) is 2.08. The van der Waals surface area contributed by atoms with Crippen LogP contribution in [0.4, 0.5) is 0 Å². The molecule has 18 heavy (non-hydrogen) atoms. The van der Waals surface area contributed by atoms with Crippen molar-refractivity contribution < 1.29 is 0 Å². The van der Waals surface area contributed by atoms with E-state index in [1.165, 1.54) is 29.5 Å². The minimum Gasteiger partial charge on any atom is -0.312 e. The van der Waals surface area contributed by atoms with Gasteiger partial charge < -0.3 is 5.32 Å². The largest absolute Gasteiger partial charge is 0.312 e. The highest BCUT2D eigenvalue weighted by Crippen LogP contribution is 2.27. The summed E-state index contributed by atoms with van der Waals surface area (Å²) >= 11 is 0. The summed E-state index contributed by atoms with van der Waals surface area (Å²) in [5, 5.41) is 3.51. The standard InChI is InChI=1S/C17H18N/c1-2-6-16(7-3-1)17-8-4-5-15(11-17)13-18-12-14-9-10-14/h1-4,6-8,11,14,18H,9-10,12-13H2. The number of rotatable bonds is 5. The SMILES string of the molecule is [c]1ccc(-c2ccccc2)cc1CNCC1CC1. The van der Waals surface area contributed by atoms with Gasteiger partial charge in [0.2, 0.25) is 0 Å². The Bertz CT molecular complexity index is 500. The van der Waals surface area contributed by atoms with Crippen molar-refractivity contribution in [2.45, 2.75) is 19.4 Å². The number of hydrogen-bond acceptors (Lipinski definition) is 1. The third-order valence-electron chi connectivity index (χ3n) is 3.41. The van der Waals surface area contributed by atoms with Crippen molar-refractivity contribution in [3.8, 4) is 11.1 Å². The van der Waals surface area contributed by atoms with Crippen molar-refractivity contribution in [3.05, 3.63) is 60.2 Å². The second kappa shape index (κ2) is 5.36. The van der Waals surface area contributed by atoms with Gasteiger partial charge >= 0.3 is 0 Å². The zero-order valence-corrected chi connectivity index (χ0v) is 10.5. The van der Waals surface area contributed by atoms with Crippen molar-refractivity contribution in [2.75, 3.05) is 6.54 Å². The van der Waals surface area contributed by atoms with Gasteiger partial charge in [0.15, 0.2) is 0 Å². The summed E-state index contributed by atoms with van der Waals surface area (Å²) < 4.78 is 0. The van der Waals surface area contributed by atoms with Crippen LogP contribution >= 0.6 is 0 Å². The molecule has 2 aromatic carbocycles. The molecule has 0 atom stereocenters. The lowest BCUT2D eigenvalue weighted by Gasteiger charge is -2.06. The predicted molar refractivity (Wildman–Crippen MR) is 75.1 cm³/mol. The average Bonchev–Trinajstić information content (AvgIpc) is 3.24. The van der Waals surface area contributed by atoms with E-state index in [1.807, 2.05) is 6.07 Å². The van der Waals surface area contributed by atoms with Crippen LogP contribution in [0, 0.1) is 12.0 Å². The molecule has 2 aromatic rings. The minimum absolute atomic E-state index is 0.928. The average molecular weight is 236 g/mol. The van der Waals surface area contributed by atoms with E-state index in [9.17, 15) is 0 Å². The van der Waals surface area contributed by atoms with E-state index in [0.717, 1.165) is 19.0 Å². The first-order valence-corrected chi connectivity index (χ1v) is 6.68.